The molecule has 5 saturated carbocycles. The van der Waals surface area contributed by atoms with Gasteiger partial charge >= 0.3 is 0 Å². The number of hydrogen-bond acceptors (Lipinski definition) is 2. The summed E-state index contributed by atoms with van der Waals surface area (Å²) in [6, 6.07) is 0. The lowest BCUT2D eigenvalue weighted by molar-refractivity contribution is -0.163. The van der Waals surface area contributed by atoms with Gasteiger partial charge in [-0.1, -0.05) is 19.8 Å². The lowest BCUT2D eigenvalue weighted by Crippen LogP contribution is -2.58. The summed E-state index contributed by atoms with van der Waals surface area (Å²) >= 11 is 0. The van der Waals surface area contributed by atoms with Crippen LogP contribution in [0.25, 0.3) is 0 Å². The first-order valence-corrected chi connectivity index (χ1v) is 9.71. The third kappa shape index (κ3) is 1.36. The molecule has 2 N–H and O–H groups in total. The van der Waals surface area contributed by atoms with Crippen LogP contribution in [0.5, 0.6) is 0 Å². The van der Waals surface area contributed by atoms with Crippen LogP contribution in [0.4, 0.5) is 0 Å². The van der Waals surface area contributed by atoms with Gasteiger partial charge in [-0.3, -0.25) is 0 Å². The van der Waals surface area contributed by atoms with Crippen molar-refractivity contribution in [1.82, 2.24) is 0 Å². The highest BCUT2D eigenvalue weighted by Crippen LogP contribution is 2.81. The standard InChI is InChI=1S/C21H30O2/c1-4-20(23)10-7-15-14-11-17(22)21-12-13(21)5-8-19(21,3)16(14)6-9-18(15,20)2/h1,13-17,22-23H,5-12H2,2-3H3/t13-,14-,15-,16-,17+,18-,19+,20+,21+/m0/s1. The normalized spacial score (nSPS) is 66.0. The number of aliphatic hydroxyl groups excluding tert-OH is 1. The molecule has 0 amide bonds. The summed E-state index contributed by atoms with van der Waals surface area (Å²) in [5.74, 6) is 5.33. The Labute approximate surface area is 140 Å². The molecule has 2 nitrogen and oxygen atoms in total. The van der Waals surface area contributed by atoms with Crippen LogP contribution in [0.3, 0.4) is 0 Å². The zero-order valence-corrected chi connectivity index (χ0v) is 14.5. The number of terminal acetylenes is 1. The maximum absolute atomic E-state index is 11.1. The third-order valence-corrected chi connectivity index (χ3v) is 9.96. The topological polar surface area (TPSA) is 40.5 Å². The van der Waals surface area contributed by atoms with Gasteiger partial charge in [0.2, 0.25) is 0 Å². The Kier molecular flexibility index (Phi) is 2.57. The molecule has 0 heterocycles. The van der Waals surface area contributed by atoms with Crippen molar-refractivity contribution in [2.75, 3.05) is 0 Å². The van der Waals surface area contributed by atoms with E-state index < -0.39 is 5.60 Å². The van der Waals surface area contributed by atoms with Gasteiger partial charge in [0.15, 0.2) is 0 Å². The van der Waals surface area contributed by atoms with Crippen LogP contribution in [0, 0.1) is 52.3 Å². The first-order chi connectivity index (χ1) is 10.8. The van der Waals surface area contributed by atoms with Gasteiger partial charge in [-0.05, 0) is 80.5 Å². The highest BCUT2D eigenvalue weighted by Gasteiger charge is 2.77. The largest absolute Gasteiger partial charge is 0.393 e. The van der Waals surface area contributed by atoms with Crippen molar-refractivity contribution < 1.29 is 10.2 Å². The molecule has 23 heavy (non-hydrogen) atoms. The van der Waals surface area contributed by atoms with Crippen molar-refractivity contribution in [2.24, 2.45) is 39.9 Å². The fourth-order valence-electron chi connectivity index (χ4n) is 8.56. The highest BCUT2D eigenvalue weighted by atomic mass is 16.3. The molecule has 9 atom stereocenters. The van der Waals surface area contributed by atoms with Gasteiger partial charge in [0.1, 0.15) is 5.60 Å². The average Bonchev–Trinajstić information content (AvgIpc) is 3.11. The lowest BCUT2D eigenvalue weighted by Gasteiger charge is -2.60. The van der Waals surface area contributed by atoms with E-state index in [2.05, 4.69) is 19.8 Å². The monoisotopic (exact) mass is 314 g/mol. The summed E-state index contributed by atoms with van der Waals surface area (Å²) < 4.78 is 0. The summed E-state index contributed by atoms with van der Waals surface area (Å²) in [4.78, 5) is 0. The Morgan fingerprint density at radius 3 is 2.35 bits per heavy atom. The van der Waals surface area contributed by atoms with Crippen LogP contribution in [0.15, 0.2) is 0 Å². The quantitative estimate of drug-likeness (QED) is 0.673. The second kappa shape index (κ2) is 4.00. The summed E-state index contributed by atoms with van der Waals surface area (Å²) in [5, 5.41) is 22.1. The summed E-state index contributed by atoms with van der Waals surface area (Å²) in [7, 11) is 0. The van der Waals surface area contributed by atoms with Gasteiger partial charge in [0.05, 0.1) is 6.10 Å². The van der Waals surface area contributed by atoms with Crippen LogP contribution in [-0.2, 0) is 0 Å². The van der Waals surface area contributed by atoms with Crippen molar-refractivity contribution in [3.05, 3.63) is 0 Å². The minimum absolute atomic E-state index is 0.122. The Balaban J connectivity index is 1.55. The molecule has 2 heteroatoms. The minimum Gasteiger partial charge on any atom is -0.393 e. The molecule has 5 aliphatic rings. The number of hydrogen-bond donors (Lipinski definition) is 2. The molecular weight excluding hydrogens is 284 g/mol. The number of aliphatic hydroxyl groups is 2. The molecule has 0 unspecified atom stereocenters. The Morgan fingerprint density at radius 2 is 1.65 bits per heavy atom. The smallest absolute Gasteiger partial charge is 0.130 e. The van der Waals surface area contributed by atoms with Crippen LogP contribution in [0.2, 0.25) is 0 Å². The summed E-state index contributed by atoms with van der Waals surface area (Å²) in [6.07, 6.45) is 14.5. The predicted octanol–water partition coefficient (Wildman–Crippen LogP) is 3.36. The van der Waals surface area contributed by atoms with E-state index in [-0.39, 0.29) is 16.9 Å². The van der Waals surface area contributed by atoms with E-state index in [9.17, 15) is 10.2 Å². The Morgan fingerprint density at radius 1 is 1.00 bits per heavy atom. The van der Waals surface area contributed by atoms with Crippen molar-refractivity contribution in [3.8, 4) is 12.3 Å². The number of rotatable bonds is 0. The maximum Gasteiger partial charge on any atom is 0.130 e. The fraction of sp³-hybridized carbons (Fsp3) is 0.905. The van der Waals surface area contributed by atoms with E-state index in [0.717, 1.165) is 37.5 Å². The SMILES string of the molecule is C#C[C@@]1(O)CC[C@H]2[C@@H]3C[C@@H](O)[C@@]45C[C@@H]4CC[C@]5(C)[C@H]3CC[C@@]21C. The van der Waals surface area contributed by atoms with Crippen molar-refractivity contribution in [1.29, 1.82) is 0 Å². The molecule has 1 spiro atoms. The van der Waals surface area contributed by atoms with E-state index >= 15 is 0 Å². The van der Waals surface area contributed by atoms with Crippen LogP contribution in [0.1, 0.15) is 65.2 Å². The predicted molar refractivity (Wildman–Crippen MR) is 89.3 cm³/mol. The molecule has 0 aromatic carbocycles. The van der Waals surface area contributed by atoms with E-state index in [1.165, 1.54) is 25.7 Å². The van der Waals surface area contributed by atoms with Gasteiger partial charge in [0.25, 0.3) is 0 Å². The zero-order chi connectivity index (χ0) is 16.3. The molecule has 5 fully saturated rings. The maximum atomic E-state index is 11.1. The van der Waals surface area contributed by atoms with Crippen LogP contribution in [-0.4, -0.2) is 21.9 Å². The third-order valence-electron chi connectivity index (χ3n) is 9.96. The Hall–Kier alpha value is -0.520. The van der Waals surface area contributed by atoms with Gasteiger partial charge in [-0.25, -0.2) is 0 Å². The lowest BCUT2D eigenvalue weighted by atomic mass is 9.45. The molecule has 0 saturated heterocycles. The van der Waals surface area contributed by atoms with Crippen LogP contribution < -0.4 is 0 Å². The number of fused-ring (bicyclic) bond motifs is 4. The van der Waals surface area contributed by atoms with Gasteiger partial charge in [-0.15, -0.1) is 6.42 Å². The Bertz CT molecular complexity index is 607. The minimum atomic E-state index is -0.929. The van der Waals surface area contributed by atoms with Gasteiger partial charge in [-0.2, -0.15) is 0 Å². The average molecular weight is 314 g/mol. The molecule has 126 valence electrons. The molecule has 0 bridgehead atoms. The molecule has 0 aromatic rings. The first kappa shape index (κ1) is 14.8. The second-order valence-corrected chi connectivity index (χ2v) is 10.0. The van der Waals surface area contributed by atoms with Gasteiger partial charge in [0, 0.05) is 10.8 Å². The van der Waals surface area contributed by atoms with Crippen LogP contribution >= 0.6 is 0 Å². The second-order valence-electron chi connectivity index (χ2n) is 10.0. The van der Waals surface area contributed by atoms with Gasteiger partial charge < -0.3 is 10.2 Å². The van der Waals surface area contributed by atoms with E-state index in [4.69, 9.17) is 6.42 Å². The summed E-state index contributed by atoms with van der Waals surface area (Å²) in [5.41, 5.74) is -0.492. The van der Waals surface area contributed by atoms with Crippen molar-refractivity contribution in [2.45, 2.75) is 76.9 Å². The molecule has 0 aliphatic heterocycles. The van der Waals surface area contributed by atoms with E-state index in [0.29, 0.717) is 17.3 Å². The molecule has 0 aromatic heterocycles. The molecule has 0 radical (unpaired) electrons. The molecule has 5 aliphatic carbocycles. The van der Waals surface area contributed by atoms with E-state index in [1.807, 2.05) is 0 Å². The molecular formula is C21H30O2. The molecule has 5 rings (SSSR count). The van der Waals surface area contributed by atoms with E-state index in [1.54, 1.807) is 0 Å². The first-order valence-electron chi connectivity index (χ1n) is 9.71. The highest BCUT2D eigenvalue weighted by molar-refractivity contribution is 5.28. The zero-order valence-electron chi connectivity index (χ0n) is 14.5. The fourth-order valence-corrected chi connectivity index (χ4v) is 8.56. The van der Waals surface area contributed by atoms with Crippen molar-refractivity contribution in [3.63, 3.8) is 0 Å². The summed E-state index contributed by atoms with van der Waals surface area (Å²) in [6.45, 7) is 4.72. The van der Waals surface area contributed by atoms with Crippen molar-refractivity contribution >= 4 is 0 Å².